The van der Waals surface area contributed by atoms with Crippen molar-refractivity contribution in [1.29, 1.82) is 0 Å². The van der Waals surface area contributed by atoms with E-state index in [0.717, 1.165) is 8.62 Å². The molecule has 0 spiro atoms. The van der Waals surface area contributed by atoms with Crippen molar-refractivity contribution in [2.24, 2.45) is 0 Å². The normalized spacial score (nSPS) is 10.6. The van der Waals surface area contributed by atoms with Gasteiger partial charge in [-0.1, -0.05) is 0 Å². The Morgan fingerprint density at radius 2 is 2.36 bits per heavy atom. The van der Waals surface area contributed by atoms with Gasteiger partial charge in [-0.25, -0.2) is 9.78 Å². The van der Waals surface area contributed by atoms with Gasteiger partial charge in [0, 0.05) is 11.6 Å². The Bertz CT molecular complexity index is 523. The lowest BCUT2D eigenvalue weighted by atomic mass is 10.2. The molecule has 0 bridgehead atoms. The third kappa shape index (κ3) is 1.36. The van der Waals surface area contributed by atoms with Gasteiger partial charge in [-0.2, -0.15) is 0 Å². The first-order chi connectivity index (χ1) is 6.59. The van der Waals surface area contributed by atoms with E-state index in [1.807, 2.05) is 0 Å². The Hall–Kier alpha value is -1.14. The van der Waals surface area contributed by atoms with Crippen LogP contribution in [0.5, 0.6) is 0 Å². The summed E-state index contributed by atoms with van der Waals surface area (Å²) in [5, 5.41) is 9.49. The summed E-state index contributed by atoms with van der Waals surface area (Å²) in [5.74, 6) is -1.06. The summed E-state index contributed by atoms with van der Waals surface area (Å²) < 4.78 is 0.884. The molecule has 0 amide bonds. The van der Waals surface area contributed by atoms with E-state index in [-0.39, 0.29) is 11.3 Å². The number of aromatic nitrogens is 1. The number of anilines is 1. The van der Waals surface area contributed by atoms with E-state index in [9.17, 15) is 4.79 Å². The highest BCUT2D eigenvalue weighted by atomic mass is 79.9. The lowest BCUT2D eigenvalue weighted by molar-refractivity contribution is 0.0698. The van der Waals surface area contributed by atoms with E-state index in [4.69, 9.17) is 10.8 Å². The van der Waals surface area contributed by atoms with Crippen molar-refractivity contribution in [3.8, 4) is 0 Å². The minimum Gasteiger partial charge on any atom is -0.478 e. The first kappa shape index (κ1) is 9.42. The Balaban J connectivity index is 2.80. The number of nitrogens with zero attached hydrogens (tertiary/aromatic N) is 1. The molecule has 0 unspecified atom stereocenters. The fourth-order valence-corrected chi connectivity index (χ4v) is 2.58. The summed E-state index contributed by atoms with van der Waals surface area (Å²) in [5.41, 5.74) is 6.01. The number of thiophene rings is 1. The average molecular weight is 273 g/mol. The molecular weight excluding hydrogens is 268 g/mol. The van der Waals surface area contributed by atoms with Gasteiger partial charge >= 0.3 is 5.97 Å². The number of carboxylic acids is 1. The lowest BCUT2D eigenvalue weighted by Gasteiger charge is -1.99. The second-order valence-electron chi connectivity index (χ2n) is 2.66. The molecule has 4 nitrogen and oxygen atoms in total. The number of nitrogen functional groups attached to an aromatic ring is 1. The van der Waals surface area contributed by atoms with E-state index in [1.165, 1.54) is 17.5 Å². The largest absolute Gasteiger partial charge is 0.478 e. The van der Waals surface area contributed by atoms with Crippen LogP contribution in [0.2, 0.25) is 0 Å². The van der Waals surface area contributed by atoms with Crippen LogP contribution < -0.4 is 5.73 Å². The van der Waals surface area contributed by atoms with Crippen LogP contribution in [-0.2, 0) is 0 Å². The average Bonchev–Trinajstić information content (AvgIpc) is 2.46. The number of rotatable bonds is 1. The molecule has 0 aliphatic carbocycles. The van der Waals surface area contributed by atoms with Gasteiger partial charge in [-0.3, -0.25) is 0 Å². The fourth-order valence-electron chi connectivity index (χ4n) is 1.15. The Kier molecular flexibility index (Phi) is 2.16. The first-order valence-corrected chi connectivity index (χ1v) is 5.27. The number of hydrogen-bond donors (Lipinski definition) is 2. The van der Waals surface area contributed by atoms with Crippen molar-refractivity contribution in [1.82, 2.24) is 4.98 Å². The summed E-state index contributed by atoms with van der Waals surface area (Å²) in [6.45, 7) is 0. The quantitative estimate of drug-likeness (QED) is 0.836. The Labute approximate surface area is 91.5 Å². The third-order valence-electron chi connectivity index (χ3n) is 1.80. The Morgan fingerprint density at radius 1 is 1.64 bits per heavy atom. The monoisotopic (exact) mass is 272 g/mol. The van der Waals surface area contributed by atoms with Crippen LogP contribution in [0.25, 0.3) is 10.2 Å². The van der Waals surface area contributed by atoms with Gasteiger partial charge in [0.15, 0.2) is 0 Å². The number of aromatic carboxylic acids is 1. The molecule has 0 atom stereocenters. The van der Waals surface area contributed by atoms with E-state index in [0.29, 0.717) is 5.39 Å². The van der Waals surface area contributed by atoms with Gasteiger partial charge in [0.1, 0.15) is 10.4 Å². The summed E-state index contributed by atoms with van der Waals surface area (Å²) in [6, 6.07) is 1.77. The molecule has 0 saturated heterocycles. The van der Waals surface area contributed by atoms with Crippen LogP contribution in [0.15, 0.2) is 16.0 Å². The summed E-state index contributed by atoms with van der Waals surface area (Å²) >= 11 is 4.72. The zero-order valence-electron chi connectivity index (χ0n) is 6.82. The molecule has 0 saturated carbocycles. The molecule has 2 aromatic rings. The zero-order chi connectivity index (χ0) is 10.3. The van der Waals surface area contributed by atoms with Gasteiger partial charge < -0.3 is 10.8 Å². The summed E-state index contributed by atoms with van der Waals surface area (Å²) in [7, 11) is 0. The van der Waals surface area contributed by atoms with E-state index in [2.05, 4.69) is 20.9 Å². The van der Waals surface area contributed by atoms with Crippen molar-refractivity contribution in [3.63, 3.8) is 0 Å². The van der Waals surface area contributed by atoms with Gasteiger partial charge in [0.25, 0.3) is 0 Å². The molecule has 0 aromatic carbocycles. The van der Waals surface area contributed by atoms with Crippen molar-refractivity contribution in [3.05, 3.63) is 21.6 Å². The van der Waals surface area contributed by atoms with Crippen LogP contribution >= 0.6 is 27.3 Å². The summed E-state index contributed by atoms with van der Waals surface area (Å²) in [6.07, 6.45) is 1.28. The maximum Gasteiger partial charge on any atom is 0.339 e. The number of nitrogens with two attached hydrogens (primary N) is 1. The lowest BCUT2D eigenvalue weighted by Crippen LogP contribution is -2.02. The third-order valence-corrected chi connectivity index (χ3v) is 3.35. The van der Waals surface area contributed by atoms with Gasteiger partial charge in [-0.15, -0.1) is 11.3 Å². The minimum atomic E-state index is -1.06. The number of halogens is 1. The topological polar surface area (TPSA) is 76.2 Å². The maximum atomic E-state index is 10.7. The molecule has 0 aliphatic rings. The Morgan fingerprint density at radius 3 is 3.00 bits per heavy atom. The number of pyridine rings is 1. The molecule has 2 aromatic heterocycles. The number of carboxylic acid groups (broad SMARTS) is 1. The molecule has 2 heterocycles. The van der Waals surface area contributed by atoms with Crippen molar-refractivity contribution < 1.29 is 9.90 Å². The molecule has 0 radical (unpaired) electrons. The standard InChI is InChI=1S/C8H5BrN2O2S/c9-5-1-3-6(10)4(8(12)13)2-11-7(3)14-5/h1-2H,(H2,10,11)(H,12,13). The highest BCUT2D eigenvalue weighted by Gasteiger charge is 2.13. The predicted octanol–water partition coefficient (Wildman–Crippen LogP) is 2.34. The zero-order valence-corrected chi connectivity index (χ0v) is 9.22. The van der Waals surface area contributed by atoms with Gasteiger partial charge in [-0.05, 0) is 22.0 Å². The summed E-state index contributed by atoms with van der Waals surface area (Å²) in [4.78, 5) is 15.5. The highest BCUT2D eigenvalue weighted by molar-refractivity contribution is 9.11. The van der Waals surface area contributed by atoms with Crippen LogP contribution in [0, 0.1) is 0 Å². The fraction of sp³-hybridized carbons (Fsp3) is 0. The maximum absolute atomic E-state index is 10.7. The van der Waals surface area contributed by atoms with E-state index >= 15 is 0 Å². The second kappa shape index (κ2) is 3.21. The van der Waals surface area contributed by atoms with Crippen LogP contribution in [-0.4, -0.2) is 16.1 Å². The van der Waals surface area contributed by atoms with Gasteiger partial charge in [0.05, 0.1) is 9.47 Å². The molecule has 0 fully saturated rings. The van der Waals surface area contributed by atoms with Crippen LogP contribution in [0.4, 0.5) is 5.69 Å². The second-order valence-corrected chi connectivity index (χ2v) is 5.07. The van der Waals surface area contributed by atoms with Crippen molar-refractivity contribution >= 4 is 49.1 Å². The van der Waals surface area contributed by atoms with Crippen molar-refractivity contribution in [2.45, 2.75) is 0 Å². The van der Waals surface area contributed by atoms with Gasteiger partial charge in [0.2, 0.25) is 0 Å². The van der Waals surface area contributed by atoms with E-state index < -0.39 is 5.97 Å². The molecule has 3 N–H and O–H groups in total. The van der Waals surface area contributed by atoms with Crippen LogP contribution in [0.1, 0.15) is 10.4 Å². The molecule has 14 heavy (non-hydrogen) atoms. The predicted molar refractivity (Wildman–Crippen MR) is 58.7 cm³/mol. The highest BCUT2D eigenvalue weighted by Crippen LogP contribution is 2.33. The first-order valence-electron chi connectivity index (χ1n) is 3.66. The molecule has 6 heteroatoms. The van der Waals surface area contributed by atoms with Crippen LogP contribution in [0.3, 0.4) is 0 Å². The number of fused-ring (bicyclic) bond motifs is 1. The molecule has 72 valence electrons. The van der Waals surface area contributed by atoms with Crippen molar-refractivity contribution in [2.75, 3.05) is 5.73 Å². The molecular formula is C8H5BrN2O2S. The number of hydrogen-bond acceptors (Lipinski definition) is 4. The molecule has 0 aliphatic heterocycles. The number of carbonyl (C=O) groups is 1. The smallest absolute Gasteiger partial charge is 0.339 e. The molecule has 2 rings (SSSR count). The minimum absolute atomic E-state index is 0.0443. The van der Waals surface area contributed by atoms with E-state index in [1.54, 1.807) is 6.07 Å². The SMILES string of the molecule is Nc1c(C(=O)O)cnc2sc(Br)cc12.